The number of amides is 1. The third-order valence-electron chi connectivity index (χ3n) is 2.47. The van der Waals surface area contributed by atoms with Crippen LogP contribution in [-0.2, 0) is 6.54 Å². The van der Waals surface area contributed by atoms with Crippen LogP contribution in [0.3, 0.4) is 0 Å². The molecular formula is C12H21N3OS. The third kappa shape index (κ3) is 4.46. The Labute approximate surface area is 107 Å². The number of rotatable bonds is 6. The molecule has 5 heteroatoms. The molecule has 0 saturated heterocycles. The lowest BCUT2D eigenvalue weighted by molar-refractivity contribution is 0.0957. The summed E-state index contributed by atoms with van der Waals surface area (Å²) in [4.78, 5) is 15.6. The molecule has 0 fully saturated rings. The lowest BCUT2D eigenvalue weighted by Gasteiger charge is -2.21. The van der Waals surface area contributed by atoms with Crippen molar-refractivity contribution in [2.24, 2.45) is 11.8 Å². The second kappa shape index (κ2) is 6.74. The maximum atomic E-state index is 11.3. The average Bonchev–Trinajstić information content (AvgIpc) is 2.75. The molecular weight excluding hydrogens is 234 g/mol. The van der Waals surface area contributed by atoms with Crippen LogP contribution in [0.1, 0.15) is 35.3 Å². The maximum absolute atomic E-state index is 11.3. The first-order valence-corrected chi connectivity index (χ1v) is 6.70. The Morgan fingerprint density at radius 2 is 2.24 bits per heavy atom. The quantitative estimate of drug-likeness (QED) is 0.463. The molecule has 0 radical (unpaired) electrons. The van der Waals surface area contributed by atoms with Crippen LogP contribution in [0.5, 0.6) is 0 Å². The fourth-order valence-electron chi connectivity index (χ4n) is 1.70. The first kappa shape index (κ1) is 14.2. The molecule has 96 valence electrons. The van der Waals surface area contributed by atoms with Crippen molar-refractivity contribution in [3.63, 3.8) is 0 Å². The molecule has 0 aliphatic rings. The molecule has 0 saturated carbocycles. The van der Waals surface area contributed by atoms with Gasteiger partial charge in [0.2, 0.25) is 0 Å². The average molecular weight is 255 g/mol. The highest BCUT2D eigenvalue weighted by molar-refractivity contribution is 7.14. The number of hydrazine groups is 1. The third-order valence-corrected chi connectivity index (χ3v) is 3.54. The van der Waals surface area contributed by atoms with E-state index >= 15 is 0 Å². The molecule has 1 rings (SSSR count). The number of nitrogens with one attached hydrogen (secondary N) is 1. The molecule has 1 amide bonds. The standard InChI is InChI=1S/C12H21N3OS/c1-4-15(7-9(2)3)8-10-5-6-11(17-10)12(16)14-13/h5-6,9H,4,7-8,13H2,1-3H3,(H,14,16). The molecule has 0 aromatic carbocycles. The van der Waals surface area contributed by atoms with Gasteiger partial charge in [-0.3, -0.25) is 15.1 Å². The van der Waals surface area contributed by atoms with Crippen molar-refractivity contribution in [2.45, 2.75) is 27.3 Å². The van der Waals surface area contributed by atoms with E-state index in [-0.39, 0.29) is 5.91 Å². The van der Waals surface area contributed by atoms with Crippen molar-refractivity contribution in [1.29, 1.82) is 0 Å². The number of carbonyl (C=O) groups excluding carboxylic acids is 1. The van der Waals surface area contributed by atoms with Gasteiger partial charge in [-0.2, -0.15) is 0 Å². The summed E-state index contributed by atoms with van der Waals surface area (Å²) in [5.74, 6) is 5.54. The summed E-state index contributed by atoms with van der Waals surface area (Å²) in [6.45, 7) is 9.58. The molecule has 0 unspecified atom stereocenters. The second-order valence-electron chi connectivity index (χ2n) is 4.46. The van der Waals surface area contributed by atoms with Crippen molar-refractivity contribution in [1.82, 2.24) is 10.3 Å². The first-order valence-electron chi connectivity index (χ1n) is 5.88. The molecule has 17 heavy (non-hydrogen) atoms. The second-order valence-corrected chi connectivity index (χ2v) is 5.63. The fourth-order valence-corrected chi connectivity index (χ4v) is 2.65. The van der Waals surface area contributed by atoms with Gasteiger partial charge in [0, 0.05) is 18.0 Å². The van der Waals surface area contributed by atoms with Crippen LogP contribution >= 0.6 is 11.3 Å². The number of hydrogen-bond acceptors (Lipinski definition) is 4. The Morgan fingerprint density at radius 1 is 1.53 bits per heavy atom. The molecule has 0 aliphatic heterocycles. The van der Waals surface area contributed by atoms with E-state index in [0.29, 0.717) is 10.8 Å². The predicted molar refractivity (Wildman–Crippen MR) is 71.8 cm³/mol. The lowest BCUT2D eigenvalue weighted by Crippen LogP contribution is -2.29. The predicted octanol–water partition coefficient (Wildman–Crippen LogP) is 1.83. The Kier molecular flexibility index (Phi) is 5.61. The molecule has 1 aromatic heterocycles. The summed E-state index contributed by atoms with van der Waals surface area (Å²) < 4.78 is 0. The molecule has 3 N–H and O–H groups in total. The lowest BCUT2D eigenvalue weighted by atomic mass is 10.2. The molecule has 1 heterocycles. The van der Waals surface area contributed by atoms with Crippen LogP contribution in [-0.4, -0.2) is 23.9 Å². The Bertz CT molecular complexity index is 362. The van der Waals surface area contributed by atoms with Gasteiger partial charge in [-0.05, 0) is 24.6 Å². The normalized spacial score (nSPS) is 11.2. The molecule has 4 nitrogen and oxygen atoms in total. The summed E-state index contributed by atoms with van der Waals surface area (Å²) in [7, 11) is 0. The van der Waals surface area contributed by atoms with Gasteiger partial charge in [-0.25, -0.2) is 5.84 Å². The zero-order valence-electron chi connectivity index (χ0n) is 10.7. The largest absolute Gasteiger partial charge is 0.298 e. The molecule has 0 atom stereocenters. The maximum Gasteiger partial charge on any atom is 0.275 e. The highest BCUT2D eigenvalue weighted by Crippen LogP contribution is 2.18. The first-order chi connectivity index (χ1) is 8.06. The summed E-state index contributed by atoms with van der Waals surface area (Å²) in [6.07, 6.45) is 0. The number of nitrogens with two attached hydrogens (primary N) is 1. The Morgan fingerprint density at radius 3 is 2.76 bits per heavy atom. The van der Waals surface area contributed by atoms with E-state index in [0.717, 1.165) is 19.6 Å². The van der Waals surface area contributed by atoms with E-state index in [4.69, 9.17) is 5.84 Å². The van der Waals surface area contributed by atoms with E-state index in [9.17, 15) is 4.79 Å². The molecule has 1 aromatic rings. The van der Waals surface area contributed by atoms with Gasteiger partial charge in [0.25, 0.3) is 5.91 Å². The van der Waals surface area contributed by atoms with Crippen molar-refractivity contribution in [3.8, 4) is 0 Å². The zero-order valence-corrected chi connectivity index (χ0v) is 11.5. The van der Waals surface area contributed by atoms with Crippen molar-refractivity contribution in [3.05, 3.63) is 21.9 Å². The van der Waals surface area contributed by atoms with E-state index in [1.165, 1.54) is 16.2 Å². The van der Waals surface area contributed by atoms with Gasteiger partial charge in [-0.1, -0.05) is 20.8 Å². The van der Waals surface area contributed by atoms with Crippen LogP contribution in [0.4, 0.5) is 0 Å². The van der Waals surface area contributed by atoms with E-state index in [1.54, 1.807) is 0 Å². The van der Waals surface area contributed by atoms with E-state index in [2.05, 4.69) is 31.1 Å². The minimum atomic E-state index is -0.215. The SMILES string of the molecule is CCN(Cc1ccc(C(=O)NN)s1)CC(C)C. The van der Waals surface area contributed by atoms with Crippen LogP contribution in [0.25, 0.3) is 0 Å². The number of nitrogens with zero attached hydrogens (tertiary/aromatic N) is 1. The van der Waals surface area contributed by atoms with Crippen LogP contribution in [0.15, 0.2) is 12.1 Å². The highest BCUT2D eigenvalue weighted by Gasteiger charge is 2.10. The Hall–Kier alpha value is -0.910. The van der Waals surface area contributed by atoms with Gasteiger partial charge in [0.05, 0.1) is 4.88 Å². The van der Waals surface area contributed by atoms with E-state index in [1.807, 2.05) is 12.1 Å². The van der Waals surface area contributed by atoms with Crippen LogP contribution < -0.4 is 11.3 Å². The zero-order chi connectivity index (χ0) is 12.8. The summed E-state index contributed by atoms with van der Waals surface area (Å²) in [5, 5.41) is 0. The summed E-state index contributed by atoms with van der Waals surface area (Å²) in [6, 6.07) is 3.82. The minimum absolute atomic E-state index is 0.215. The summed E-state index contributed by atoms with van der Waals surface area (Å²) >= 11 is 1.50. The number of hydrogen-bond donors (Lipinski definition) is 2. The topological polar surface area (TPSA) is 58.4 Å². The van der Waals surface area contributed by atoms with Crippen molar-refractivity contribution < 1.29 is 4.79 Å². The molecule has 0 spiro atoms. The van der Waals surface area contributed by atoms with Crippen molar-refractivity contribution in [2.75, 3.05) is 13.1 Å². The molecule has 0 bridgehead atoms. The van der Waals surface area contributed by atoms with Gasteiger partial charge >= 0.3 is 0 Å². The monoisotopic (exact) mass is 255 g/mol. The van der Waals surface area contributed by atoms with Crippen LogP contribution in [0, 0.1) is 5.92 Å². The number of thiophene rings is 1. The highest BCUT2D eigenvalue weighted by atomic mass is 32.1. The summed E-state index contributed by atoms with van der Waals surface area (Å²) in [5.41, 5.74) is 2.15. The molecule has 0 aliphatic carbocycles. The Balaban J connectivity index is 2.61. The smallest absolute Gasteiger partial charge is 0.275 e. The van der Waals surface area contributed by atoms with E-state index < -0.39 is 0 Å². The number of carbonyl (C=O) groups is 1. The van der Waals surface area contributed by atoms with Crippen LogP contribution in [0.2, 0.25) is 0 Å². The minimum Gasteiger partial charge on any atom is -0.298 e. The number of nitrogen functional groups attached to an aromatic ring is 1. The van der Waals surface area contributed by atoms with Gasteiger partial charge < -0.3 is 0 Å². The van der Waals surface area contributed by atoms with Gasteiger partial charge in [0.15, 0.2) is 0 Å². The van der Waals surface area contributed by atoms with Crippen molar-refractivity contribution >= 4 is 17.2 Å². The fraction of sp³-hybridized carbons (Fsp3) is 0.583. The van der Waals surface area contributed by atoms with Gasteiger partial charge in [0.1, 0.15) is 0 Å². The van der Waals surface area contributed by atoms with Gasteiger partial charge in [-0.15, -0.1) is 11.3 Å².